The van der Waals surface area contributed by atoms with E-state index in [0.717, 1.165) is 42.3 Å². The van der Waals surface area contributed by atoms with E-state index in [1.54, 1.807) is 0 Å². The molecule has 7 heteroatoms. The summed E-state index contributed by atoms with van der Waals surface area (Å²) in [6.07, 6.45) is 1.29. The van der Waals surface area contributed by atoms with Gasteiger partial charge in [-0.1, -0.05) is 0 Å². The highest BCUT2D eigenvalue weighted by atomic mass is 16.2. The van der Waals surface area contributed by atoms with Gasteiger partial charge in [-0.2, -0.15) is 5.10 Å². The molecule has 0 saturated carbocycles. The van der Waals surface area contributed by atoms with Crippen molar-refractivity contribution in [1.29, 1.82) is 0 Å². The normalized spacial score (nSPS) is 15.9. The Morgan fingerprint density at radius 1 is 1.26 bits per heavy atom. The Kier molecular flexibility index (Phi) is 3.07. The van der Waals surface area contributed by atoms with Gasteiger partial charge < -0.3 is 15.5 Å². The van der Waals surface area contributed by atoms with Crippen LogP contribution in [0.15, 0.2) is 24.3 Å². The lowest BCUT2D eigenvalue weighted by Crippen LogP contribution is -2.20. The number of aryl methyl sites for hydroxylation is 1. The molecule has 0 fully saturated rings. The van der Waals surface area contributed by atoms with E-state index < -0.39 is 0 Å². The predicted octanol–water partition coefficient (Wildman–Crippen LogP) is 1.88. The fraction of sp³-hybridized carbons (Fsp3) is 0.312. The summed E-state index contributed by atoms with van der Waals surface area (Å²) < 4.78 is 1.90. The maximum absolute atomic E-state index is 11.5. The van der Waals surface area contributed by atoms with Crippen LogP contribution in [0, 0.1) is 0 Å². The molecule has 23 heavy (non-hydrogen) atoms. The zero-order chi connectivity index (χ0) is 16.0. The number of hydrogen-bond donors (Lipinski definition) is 2. The van der Waals surface area contributed by atoms with Gasteiger partial charge >= 0.3 is 0 Å². The van der Waals surface area contributed by atoms with Gasteiger partial charge in [-0.05, 0) is 30.2 Å². The molecule has 0 saturated heterocycles. The Labute approximate surface area is 133 Å². The molecule has 2 aliphatic heterocycles. The molecule has 3 heterocycles. The zero-order valence-corrected chi connectivity index (χ0v) is 12.8. The van der Waals surface area contributed by atoms with E-state index in [0.29, 0.717) is 12.2 Å². The van der Waals surface area contributed by atoms with Crippen molar-refractivity contribution in [3.8, 4) is 0 Å². The van der Waals surface area contributed by atoms with E-state index in [1.807, 2.05) is 22.9 Å². The lowest BCUT2D eigenvalue weighted by molar-refractivity contribution is -0.116. The first-order valence-electron chi connectivity index (χ1n) is 7.66. The molecular formula is C16H17N5O2. The van der Waals surface area contributed by atoms with E-state index in [-0.39, 0.29) is 11.8 Å². The smallest absolute Gasteiger partial charge is 0.224 e. The van der Waals surface area contributed by atoms with Crippen LogP contribution in [0.25, 0.3) is 0 Å². The third kappa shape index (κ3) is 2.44. The van der Waals surface area contributed by atoms with E-state index in [9.17, 15) is 9.59 Å². The van der Waals surface area contributed by atoms with Crippen LogP contribution in [0.4, 0.5) is 23.0 Å². The van der Waals surface area contributed by atoms with Gasteiger partial charge in [-0.15, -0.1) is 0 Å². The first-order valence-corrected chi connectivity index (χ1v) is 7.66. The molecule has 4 rings (SSSR count). The molecule has 0 radical (unpaired) electrons. The SMILES string of the molecule is CC(=O)Nc1cc2n(n1)CCN2c1ccc2c(c1)CCC(=O)N2. The Hall–Kier alpha value is -2.83. The summed E-state index contributed by atoms with van der Waals surface area (Å²) in [5, 5.41) is 10.0. The summed E-state index contributed by atoms with van der Waals surface area (Å²) in [7, 11) is 0. The van der Waals surface area contributed by atoms with Crippen molar-refractivity contribution in [3.63, 3.8) is 0 Å². The lowest BCUT2D eigenvalue weighted by Gasteiger charge is -2.22. The molecule has 118 valence electrons. The molecule has 0 aliphatic carbocycles. The minimum Gasteiger partial charge on any atom is -0.326 e. The van der Waals surface area contributed by atoms with Gasteiger partial charge in [0.15, 0.2) is 5.82 Å². The second-order valence-electron chi connectivity index (χ2n) is 5.83. The lowest BCUT2D eigenvalue weighted by atomic mass is 10.0. The van der Waals surface area contributed by atoms with E-state index >= 15 is 0 Å². The number of carbonyl (C=O) groups excluding carboxylic acids is 2. The van der Waals surface area contributed by atoms with Crippen LogP contribution in [0.1, 0.15) is 18.9 Å². The number of nitrogens with one attached hydrogen (secondary N) is 2. The number of amides is 2. The van der Waals surface area contributed by atoms with Gasteiger partial charge in [0.05, 0.1) is 6.54 Å². The maximum Gasteiger partial charge on any atom is 0.224 e. The molecule has 2 N–H and O–H groups in total. The number of carbonyl (C=O) groups is 2. The Bertz CT molecular complexity index is 811. The maximum atomic E-state index is 11.5. The molecule has 2 aromatic rings. The van der Waals surface area contributed by atoms with Crippen LogP contribution >= 0.6 is 0 Å². The monoisotopic (exact) mass is 311 g/mol. The molecule has 0 spiro atoms. The third-order valence-corrected chi connectivity index (χ3v) is 4.17. The number of aromatic nitrogens is 2. The van der Waals surface area contributed by atoms with Crippen molar-refractivity contribution in [2.75, 3.05) is 22.1 Å². The number of anilines is 4. The molecule has 1 aromatic carbocycles. The predicted molar refractivity (Wildman–Crippen MR) is 86.9 cm³/mol. The molecule has 1 aromatic heterocycles. The number of benzene rings is 1. The van der Waals surface area contributed by atoms with Gasteiger partial charge in [0.2, 0.25) is 11.8 Å². The molecule has 0 bridgehead atoms. The second-order valence-corrected chi connectivity index (χ2v) is 5.83. The van der Waals surface area contributed by atoms with E-state index in [2.05, 4.69) is 26.7 Å². The van der Waals surface area contributed by atoms with Crippen molar-refractivity contribution in [1.82, 2.24) is 9.78 Å². The van der Waals surface area contributed by atoms with Gasteiger partial charge in [-0.3, -0.25) is 9.59 Å². The highest BCUT2D eigenvalue weighted by molar-refractivity contribution is 5.94. The second kappa shape index (κ2) is 5.12. The van der Waals surface area contributed by atoms with Crippen LogP contribution in [0.5, 0.6) is 0 Å². The molecule has 7 nitrogen and oxygen atoms in total. The van der Waals surface area contributed by atoms with Crippen LogP contribution in [-0.2, 0) is 22.6 Å². The van der Waals surface area contributed by atoms with Gasteiger partial charge in [-0.25, -0.2) is 4.68 Å². The Morgan fingerprint density at radius 2 is 2.13 bits per heavy atom. The van der Waals surface area contributed by atoms with Crippen molar-refractivity contribution < 1.29 is 9.59 Å². The minimum atomic E-state index is -0.127. The molecule has 2 amide bonds. The molecule has 2 aliphatic rings. The van der Waals surface area contributed by atoms with E-state index in [4.69, 9.17) is 0 Å². The third-order valence-electron chi connectivity index (χ3n) is 4.17. The summed E-state index contributed by atoms with van der Waals surface area (Å²) in [4.78, 5) is 24.8. The van der Waals surface area contributed by atoms with Crippen LogP contribution < -0.4 is 15.5 Å². The van der Waals surface area contributed by atoms with Crippen LogP contribution in [-0.4, -0.2) is 28.1 Å². The summed E-state index contributed by atoms with van der Waals surface area (Å²) in [6, 6.07) is 7.96. The van der Waals surface area contributed by atoms with Crippen LogP contribution in [0.2, 0.25) is 0 Å². The zero-order valence-electron chi connectivity index (χ0n) is 12.8. The highest BCUT2D eigenvalue weighted by Gasteiger charge is 2.24. The van der Waals surface area contributed by atoms with Gasteiger partial charge in [0.1, 0.15) is 5.82 Å². The van der Waals surface area contributed by atoms with E-state index in [1.165, 1.54) is 6.92 Å². The first-order chi connectivity index (χ1) is 11.1. The van der Waals surface area contributed by atoms with Gasteiger partial charge in [0, 0.05) is 37.3 Å². The molecule has 0 atom stereocenters. The Morgan fingerprint density at radius 3 is 2.96 bits per heavy atom. The van der Waals surface area contributed by atoms with Crippen LogP contribution in [0.3, 0.4) is 0 Å². The topological polar surface area (TPSA) is 79.3 Å². The summed E-state index contributed by atoms with van der Waals surface area (Å²) >= 11 is 0. The van der Waals surface area contributed by atoms with Crippen molar-refractivity contribution in [2.45, 2.75) is 26.3 Å². The standard InChI is InChI=1S/C16H17N5O2/c1-10(22)17-14-9-16-20(6-7-21(16)19-14)12-3-4-13-11(8-12)2-5-15(23)18-13/h3-4,8-9H,2,5-7H2,1H3,(H,18,23)(H,17,19,22). The first kappa shape index (κ1) is 13.8. The molecule has 0 unspecified atom stereocenters. The fourth-order valence-electron chi connectivity index (χ4n) is 3.14. The summed E-state index contributed by atoms with van der Waals surface area (Å²) in [5.74, 6) is 1.48. The summed E-state index contributed by atoms with van der Waals surface area (Å²) in [6.45, 7) is 3.09. The quantitative estimate of drug-likeness (QED) is 0.887. The van der Waals surface area contributed by atoms with Crippen molar-refractivity contribution >= 4 is 34.8 Å². The Balaban J connectivity index is 1.64. The van der Waals surface area contributed by atoms with Crippen molar-refractivity contribution in [2.24, 2.45) is 0 Å². The fourth-order valence-corrected chi connectivity index (χ4v) is 3.14. The average Bonchev–Trinajstić information content (AvgIpc) is 3.06. The van der Waals surface area contributed by atoms with Gasteiger partial charge in [0.25, 0.3) is 0 Å². The number of hydrogen-bond acceptors (Lipinski definition) is 4. The number of nitrogens with zero attached hydrogens (tertiary/aromatic N) is 3. The average molecular weight is 311 g/mol. The highest BCUT2D eigenvalue weighted by Crippen LogP contribution is 2.35. The summed E-state index contributed by atoms with van der Waals surface area (Å²) in [5.41, 5.74) is 3.13. The van der Waals surface area contributed by atoms with Crippen molar-refractivity contribution in [3.05, 3.63) is 29.8 Å². The minimum absolute atomic E-state index is 0.0736. The largest absolute Gasteiger partial charge is 0.326 e. The molecular weight excluding hydrogens is 294 g/mol. The number of rotatable bonds is 2. The number of fused-ring (bicyclic) bond motifs is 2.